The maximum Gasteiger partial charge on any atom is 0.126 e. The highest BCUT2D eigenvalue weighted by Gasteiger charge is 2.34. The summed E-state index contributed by atoms with van der Waals surface area (Å²) >= 11 is 0. The lowest BCUT2D eigenvalue weighted by Crippen LogP contribution is -2.48. The molecule has 4 heteroatoms. The van der Waals surface area contributed by atoms with Crippen molar-refractivity contribution < 1.29 is 9.15 Å². The summed E-state index contributed by atoms with van der Waals surface area (Å²) in [6, 6.07) is 2.16. The first-order valence-corrected chi connectivity index (χ1v) is 5.87. The Hall–Kier alpha value is -0.840. The predicted octanol–water partition coefficient (Wildman–Crippen LogP) is 1.31. The average Bonchev–Trinajstić information content (AvgIpc) is 2.74. The molecule has 0 bridgehead atoms. The fourth-order valence-corrected chi connectivity index (χ4v) is 2.36. The quantitative estimate of drug-likeness (QED) is 0.841. The van der Waals surface area contributed by atoms with Gasteiger partial charge in [0, 0.05) is 13.1 Å². The minimum absolute atomic E-state index is 0.0403. The molecule has 0 radical (unpaired) electrons. The number of ether oxygens (including phenoxy) is 1. The first-order valence-electron chi connectivity index (χ1n) is 5.87. The summed E-state index contributed by atoms with van der Waals surface area (Å²) < 4.78 is 11.3. The van der Waals surface area contributed by atoms with Crippen LogP contribution < -0.4 is 5.73 Å². The molecule has 1 saturated heterocycles. The molecule has 2 unspecified atom stereocenters. The molecule has 2 N–H and O–H groups in total. The van der Waals surface area contributed by atoms with Crippen molar-refractivity contribution in [3.8, 4) is 0 Å². The van der Waals surface area contributed by atoms with Gasteiger partial charge in [-0.2, -0.15) is 0 Å². The van der Waals surface area contributed by atoms with Gasteiger partial charge < -0.3 is 14.9 Å². The molecule has 1 aromatic rings. The van der Waals surface area contributed by atoms with Gasteiger partial charge >= 0.3 is 0 Å². The number of likely N-dealkylation sites (N-methyl/N-ethyl adjacent to an activating group) is 1. The van der Waals surface area contributed by atoms with Gasteiger partial charge in [0.25, 0.3) is 0 Å². The van der Waals surface area contributed by atoms with Crippen molar-refractivity contribution >= 4 is 0 Å². The van der Waals surface area contributed by atoms with Gasteiger partial charge in [0.2, 0.25) is 0 Å². The summed E-state index contributed by atoms with van der Waals surface area (Å²) in [6.45, 7) is 7.44. The van der Waals surface area contributed by atoms with Gasteiger partial charge in [-0.05, 0) is 25.1 Å². The van der Waals surface area contributed by atoms with E-state index < -0.39 is 0 Å². The zero-order chi connectivity index (χ0) is 11.5. The van der Waals surface area contributed by atoms with E-state index in [1.165, 1.54) is 5.56 Å². The van der Waals surface area contributed by atoms with Crippen LogP contribution in [0.4, 0.5) is 0 Å². The minimum atomic E-state index is 0.0403. The van der Waals surface area contributed by atoms with Crippen molar-refractivity contribution in [1.82, 2.24) is 4.90 Å². The molecule has 0 aliphatic carbocycles. The van der Waals surface area contributed by atoms with Gasteiger partial charge in [-0.1, -0.05) is 6.92 Å². The van der Waals surface area contributed by atoms with Crippen LogP contribution in [-0.4, -0.2) is 37.2 Å². The summed E-state index contributed by atoms with van der Waals surface area (Å²) in [7, 11) is 0. The molecule has 2 heterocycles. The Labute approximate surface area is 96.4 Å². The van der Waals surface area contributed by atoms with E-state index >= 15 is 0 Å². The smallest absolute Gasteiger partial charge is 0.126 e. The molecule has 1 aromatic heterocycles. The van der Waals surface area contributed by atoms with E-state index in [2.05, 4.69) is 18.7 Å². The molecule has 1 aliphatic rings. The van der Waals surface area contributed by atoms with Gasteiger partial charge in [-0.25, -0.2) is 0 Å². The maximum atomic E-state index is 5.77. The van der Waals surface area contributed by atoms with Crippen molar-refractivity contribution in [3.05, 3.63) is 23.7 Å². The molecule has 0 spiro atoms. The Balaban J connectivity index is 2.28. The third kappa shape index (κ3) is 2.00. The zero-order valence-electron chi connectivity index (χ0n) is 9.98. The largest absolute Gasteiger partial charge is 0.467 e. The third-order valence-corrected chi connectivity index (χ3v) is 3.26. The van der Waals surface area contributed by atoms with E-state index in [0.717, 1.165) is 25.5 Å². The molecule has 16 heavy (non-hydrogen) atoms. The van der Waals surface area contributed by atoms with Gasteiger partial charge in [0.1, 0.15) is 5.76 Å². The van der Waals surface area contributed by atoms with Gasteiger partial charge in [0.05, 0.1) is 25.0 Å². The molecule has 0 amide bonds. The van der Waals surface area contributed by atoms with Crippen molar-refractivity contribution in [1.29, 1.82) is 0 Å². The van der Waals surface area contributed by atoms with Crippen LogP contribution in [-0.2, 0) is 4.74 Å². The van der Waals surface area contributed by atoms with Crippen LogP contribution in [0.3, 0.4) is 0 Å². The summed E-state index contributed by atoms with van der Waals surface area (Å²) in [5.41, 5.74) is 6.95. The number of nitrogens with two attached hydrogens (primary N) is 1. The second-order valence-corrected chi connectivity index (χ2v) is 4.19. The molecule has 1 aliphatic heterocycles. The number of hydrogen-bond donors (Lipinski definition) is 1. The number of nitrogens with zero attached hydrogens (tertiary/aromatic N) is 1. The molecule has 2 rings (SSSR count). The van der Waals surface area contributed by atoms with Crippen LogP contribution in [0.2, 0.25) is 0 Å². The van der Waals surface area contributed by atoms with Crippen LogP contribution >= 0.6 is 0 Å². The van der Waals surface area contributed by atoms with Crippen LogP contribution in [0.1, 0.15) is 24.3 Å². The lowest BCUT2D eigenvalue weighted by atomic mass is 10.0. The van der Waals surface area contributed by atoms with Gasteiger partial charge in [0.15, 0.2) is 0 Å². The van der Waals surface area contributed by atoms with Crippen molar-refractivity contribution in [2.45, 2.75) is 26.0 Å². The lowest BCUT2D eigenvalue weighted by Gasteiger charge is -2.39. The minimum Gasteiger partial charge on any atom is -0.467 e. The highest BCUT2D eigenvalue weighted by Crippen LogP contribution is 2.31. The number of hydrogen-bond acceptors (Lipinski definition) is 4. The summed E-state index contributed by atoms with van der Waals surface area (Å²) in [5.74, 6) is 0.997. The fraction of sp³-hybridized carbons (Fsp3) is 0.667. The summed E-state index contributed by atoms with van der Waals surface area (Å²) in [4.78, 5) is 2.37. The Kier molecular flexibility index (Phi) is 3.63. The highest BCUT2D eigenvalue weighted by molar-refractivity contribution is 5.20. The van der Waals surface area contributed by atoms with Crippen LogP contribution in [0.25, 0.3) is 0 Å². The maximum absolute atomic E-state index is 5.77. The molecular weight excluding hydrogens is 204 g/mol. The Morgan fingerprint density at radius 1 is 1.56 bits per heavy atom. The highest BCUT2D eigenvalue weighted by atomic mass is 16.5. The van der Waals surface area contributed by atoms with Crippen LogP contribution in [0.15, 0.2) is 16.7 Å². The topological polar surface area (TPSA) is 51.6 Å². The number of morpholine rings is 1. The Morgan fingerprint density at radius 3 is 2.94 bits per heavy atom. The monoisotopic (exact) mass is 224 g/mol. The van der Waals surface area contributed by atoms with E-state index in [-0.39, 0.29) is 12.1 Å². The molecule has 2 atom stereocenters. The predicted molar refractivity (Wildman–Crippen MR) is 62.2 cm³/mol. The van der Waals surface area contributed by atoms with E-state index in [1.54, 1.807) is 6.26 Å². The molecule has 1 fully saturated rings. The van der Waals surface area contributed by atoms with E-state index in [1.807, 2.05) is 6.07 Å². The Bertz CT molecular complexity index is 326. The molecule has 0 aromatic carbocycles. The summed E-state index contributed by atoms with van der Waals surface area (Å²) in [6.07, 6.45) is 1.78. The third-order valence-electron chi connectivity index (χ3n) is 3.26. The molecule has 4 nitrogen and oxygen atoms in total. The lowest BCUT2D eigenvalue weighted by molar-refractivity contribution is -0.0724. The summed E-state index contributed by atoms with van der Waals surface area (Å²) in [5, 5.41) is 0. The van der Waals surface area contributed by atoms with Crippen molar-refractivity contribution in [3.63, 3.8) is 0 Å². The standard InChI is InChI=1S/C12H20N2O2/c1-3-14-5-7-15-10(8-13)11(14)12-9(2)4-6-16-12/h4,6,10-11H,3,5,7-8,13H2,1-2H3. The zero-order valence-corrected chi connectivity index (χ0v) is 9.98. The normalized spacial score (nSPS) is 27.2. The number of rotatable bonds is 3. The first-order chi connectivity index (χ1) is 7.77. The van der Waals surface area contributed by atoms with Crippen LogP contribution in [0.5, 0.6) is 0 Å². The molecule has 90 valence electrons. The van der Waals surface area contributed by atoms with Gasteiger partial charge in [-0.15, -0.1) is 0 Å². The van der Waals surface area contributed by atoms with E-state index in [9.17, 15) is 0 Å². The fourth-order valence-electron chi connectivity index (χ4n) is 2.36. The number of aryl methyl sites for hydroxylation is 1. The second kappa shape index (κ2) is 4.99. The first kappa shape index (κ1) is 11.6. The van der Waals surface area contributed by atoms with Crippen molar-refractivity contribution in [2.75, 3.05) is 26.2 Å². The van der Waals surface area contributed by atoms with Gasteiger partial charge in [-0.3, -0.25) is 4.90 Å². The average molecular weight is 224 g/mol. The number of furan rings is 1. The van der Waals surface area contributed by atoms with E-state index in [4.69, 9.17) is 14.9 Å². The van der Waals surface area contributed by atoms with Crippen molar-refractivity contribution in [2.24, 2.45) is 5.73 Å². The Morgan fingerprint density at radius 2 is 2.38 bits per heavy atom. The molecular formula is C12H20N2O2. The second-order valence-electron chi connectivity index (χ2n) is 4.19. The van der Waals surface area contributed by atoms with Crippen LogP contribution in [0, 0.1) is 6.92 Å². The van der Waals surface area contributed by atoms with E-state index in [0.29, 0.717) is 6.54 Å². The SMILES string of the molecule is CCN1CCOC(CN)C1c1occc1C. The molecule has 0 saturated carbocycles.